The van der Waals surface area contributed by atoms with Crippen molar-refractivity contribution in [1.29, 1.82) is 0 Å². The minimum atomic E-state index is -0.386. The molecule has 0 atom stereocenters. The maximum absolute atomic E-state index is 11.2. The van der Waals surface area contributed by atoms with Crippen LogP contribution in [0.4, 0.5) is 28.4 Å². The Balaban J connectivity index is 0.000000129. The van der Waals surface area contributed by atoms with Crippen LogP contribution in [0, 0.1) is 20.2 Å². The molecule has 0 spiro atoms. The molecule has 0 unspecified atom stereocenters. The monoisotopic (exact) mass is 993 g/mol. The lowest BCUT2D eigenvalue weighted by Gasteiger charge is -2.14. The van der Waals surface area contributed by atoms with Crippen LogP contribution in [-0.4, -0.2) is 85.2 Å². The first kappa shape index (κ1) is 49.4. The molecule has 6 N–H and O–H groups in total. The molecule has 0 fully saturated rings. The highest BCUT2D eigenvalue weighted by molar-refractivity contribution is 6.18. The smallest absolute Gasteiger partial charge is 0.271 e. The fourth-order valence-electron chi connectivity index (χ4n) is 9.69. The second-order valence-corrected chi connectivity index (χ2v) is 18.0. The van der Waals surface area contributed by atoms with Crippen molar-refractivity contribution in [1.82, 2.24) is 30.9 Å². The molecule has 12 aromatic rings. The third-order valence-corrected chi connectivity index (χ3v) is 13.3. The summed E-state index contributed by atoms with van der Waals surface area (Å²) in [4.78, 5) is 36.2. The molecule has 75 heavy (non-hydrogen) atoms. The highest BCUT2D eigenvalue weighted by Crippen LogP contribution is 2.38. The Bertz CT molecular complexity index is 4120. The Kier molecular flexibility index (Phi) is 14.7. The van der Waals surface area contributed by atoms with E-state index >= 15 is 0 Å². The Morgan fingerprint density at radius 1 is 0.347 bits per heavy atom. The van der Waals surface area contributed by atoms with Crippen molar-refractivity contribution in [3.05, 3.63) is 190 Å². The Labute approximate surface area is 431 Å². The lowest BCUT2D eigenvalue weighted by atomic mass is 10.0. The zero-order valence-electron chi connectivity index (χ0n) is 41.8. The van der Waals surface area contributed by atoms with Crippen molar-refractivity contribution in [2.24, 2.45) is 0 Å². The number of fused-ring (bicyclic) bond motifs is 12. The van der Waals surface area contributed by atoms with Gasteiger partial charge in [0, 0.05) is 112 Å². The van der Waals surface area contributed by atoms with Gasteiger partial charge in [0.25, 0.3) is 11.4 Å². The van der Waals surface area contributed by atoms with E-state index in [1.807, 2.05) is 69.7 Å². The van der Waals surface area contributed by atoms with Crippen molar-refractivity contribution in [2.75, 3.05) is 76.4 Å². The van der Waals surface area contributed by atoms with Crippen molar-refractivity contribution in [2.45, 2.75) is 0 Å². The van der Waals surface area contributed by atoms with Gasteiger partial charge in [-0.25, -0.2) is 15.0 Å². The number of nitro groups is 2. The molecule has 0 aliphatic carbocycles. The van der Waals surface area contributed by atoms with Gasteiger partial charge in [-0.2, -0.15) is 0 Å². The van der Waals surface area contributed by atoms with Gasteiger partial charge in [-0.05, 0) is 55.5 Å². The van der Waals surface area contributed by atoms with Crippen LogP contribution in [0.5, 0.6) is 0 Å². The molecule has 0 saturated carbocycles. The van der Waals surface area contributed by atoms with Crippen LogP contribution in [-0.2, 0) is 0 Å². The molecule has 3 aromatic heterocycles. The first-order valence-electron chi connectivity index (χ1n) is 24.9. The van der Waals surface area contributed by atoms with E-state index in [0.717, 1.165) is 115 Å². The average Bonchev–Trinajstić information content (AvgIpc) is 3.44. The summed E-state index contributed by atoms with van der Waals surface area (Å²) in [5, 5.41) is 55.0. The highest BCUT2D eigenvalue weighted by Gasteiger charge is 2.17. The van der Waals surface area contributed by atoms with Crippen molar-refractivity contribution >= 4 is 126 Å². The van der Waals surface area contributed by atoms with E-state index in [1.165, 1.54) is 39.4 Å². The number of nitrogens with one attached hydrogen (secondary N) is 6. The second kappa shape index (κ2) is 22.3. The largest absolute Gasteiger partial charge is 0.383 e. The summed E-state index contributed by atoms with van der Waals surface area (Å²) in [6, 6.07) is 55.2. The Morgan fingerprint density at radius 3 is 1.15 bits per heavy atom. The molecule has 15 nitrogen and oxygen atoms in total. The summed E-state index contributed by atoms with van der Waals surface area (Å²) < 4.78 is 0. The molecule has 374 valence electrons. The van der Waals surface area contributed by atoms with Crippen molar-refractivity contribution < 1.29 is 9.85 Å². The molecule has 15 heteroatoms. The van der Waals surface area contributed by atoms with Crippen molar-refractivity contribution in [3.8, 4) is 0 Å². The third kappa shape index (κ3) is 10.2. The van der Waals surface area contributed by atoms with E-state index in [2.05, 4.69) is 117 Å². The number of non-ortho nitro benzene ring substituents is 2. The molecule has 0 radical (unpaired) electrons. The van der Waals surface area contributed by atoms with Crippen LogP contribution in [0.1, 0.15) is 0 Å². The highest BCUT2D eigenvalue weighted by atomic mass is 16.6. The normalized spacial score (nSPS) is 11.3. The van der Waals surface area contributed by atoms with Gasteiger partial charge in [0.05, 0.1) is 60.0 Å². The van der Waals surface area contributed by atoms with E-state index in [9.17, 15) is 20.2 Å². The first-order chi connectivity index (χ1) is 36.8. The van der Waals surface area contributed by atoms with Gasteiger partial charge in [0.1, 0.15) is 0 Å². The van der Waals surface area contributed by atoms with Gasteiger partial charge < -0.3 is 31.9 Å². The Morgan fingerprint density at radius 2 is 0.693 bits per heavy atom. The maximum Gasteiger partial charge on any atom is 0.271 e. The summed E-state index contributed by atoms with van der Waals surface area (Å²) in [7, 11) is 5.77. The minimum absolute atomic E-state index is 0.0470. The van der Waals surface area contributed by atoms with E-state index in [1.54, 1.807) is 24.3 Å². The number of likely N-dealkylation sites (N-methyl/N-ethyl adjacent to an activating group) is 3. The Hall–Kier alpha value is -9.15. The average molecular weight is 994 g/mol. The molecular weight excluding hydrogens is 939 g/mol. The summed E-state index contributed by atoms with van der Waals surface area (Å²) in [5.74, 6) is 0. The maximum atomic E-state index is 11.2. The zero-order valence-corrected chi connectivity index (χ0v) is 41.8. The lowest BCUT2D eigenvalue weighted by Crippen LogP contribution is -2.18. The van der Waals surface area contributed by atoms with Crippen LogP contribution >= 0.6 is 0 Å². The number of anilines is 3. The SMILES string of the molecule is CNCCNc1c2cc([N+](=O)[O-])ccc2nc2c1ccc1ccccc12.CNCCNc1c2ccc([N+](=O)[O-])cc2nc2c1ccc1ccccc12.CNCCNc1c2ccccc2nc2c1ccc1ccccc12. The van der Waals surface area contributed by atoms with Gasteiger partial charge >= 0.3 is 0 Å². The molecule has 12 rings (SSSR count). The predicted molar refractivity (Wildman–Crippen MR) is 311 cm³/mol. The quantitative estimate of drug-likeness (QED) is 0.0198. The second-order valence-electron chi connectivity index (χ2n) is 18.0. The number of para-hydroxylation sites is 1. The number of hydrogen-bond acceptors (Lipinski definition) is 13. The number of aromatic nitrogens is 3. The predicted octanol–water partition coefficient (Wildman–Crippen LogP) is 12.3. The summed E-state index contributed by atoms with van der Waals surface area (Å²) in [5.41, 5.74) is 8.34. The van der Waals surface area contributed by atoms with E-state index < -0.39 is 0 Å². The fraction of sp³-hybridized carbons (Fsp3) is 0.150. The van der Waals surface area contributed by atoms with Crippen LogP contribution in [0.2, 0.25) is 0 Å². The summed E-state index contributed by atoms with van der Waals surface area (Å²) in [6.07, 6.45) is 0. The van der Waals surface area contributed by atoms with E-state index in [4.69, 9.17) is 15.0 Å². The van der Waals surface area contributed by atoms with Gasteiger partial charge in [0.15, 0.2) is 0 Å². The standard InChI is InChI=1S/2C20H18N4O2.C20H19N3/c1-21-10-11-22-19-16-9-7-14(24(25)26)12-18(16)23-20-15-5-3-2-4-13(15)6-8-17(19)20;1-21-10-11-22-19-16-8-6-13-4-2-3-5-15(13)20(16)23-18-9-7-14(24(25)26)12-17(18)19;1-21-12-13-22-19-16-8-4-5-9-18(16)23-20-15-7-3-2-6-14(15)10-11-17(19)20/h2*2-9,12,21H,10-11H2,1H3,(H,22,23);2-11,21H,12-13H2,1H3,(H,22,23). The molecule has 0 amide bonds. The number of nitrogens with zero attached hydrogens (tertiary/aromatic N) is 5. The molecule has 3 heterocycles. The van der Waals surface area contributed by atoms with Gasteiger partial charge in [0.2, 0.25) is 0 Å². The number of rotatable bonds is 14. The minimum Gasteiger partial charge on any atom is -0.383 e. The summed E-state index contributed by atoms with van der Waals surface area (Å²) in [6.45, 7) is 4.85. The molecule has 9 aromatic carbocycles. The number of nitro benzene ring substituents is 2. The number of hydrogen-bond donors (Lipinski definition) is 6. The fourth-order valence-corrected chi connectivity index (χ4v) is 9.69. The van der Waals surface area contributed by atoms with E-state index in [0.29, 0.717) is 12.1 Å². The van der Waals surface area contributed by atoms with Gasteiger partial charge in [-0.1, -0.05) is 127 Å². The molecule has 0 bridgehead atoms. The summed E-state index contributed by atoms with van der Waals surface area (Å²) >= 11 is 0. The van der Waals surface area contributed by atoms with Crippen LogP contribution in [0.15, 0.2) is 170 Å². The zero-order chi connectivity index (χ0) is 51.8. The lowest BCUT2D eigenvalue weighted by molar-refractivity contribution is -0.384. The number of pyridine rings is 3. The molecule has 0 aliphatic rings. The topological polar surface area (TPSA) is 197 Å². The third-order valence-electron chi connectivity index (χ3n) is 13.3. The first-order valence-corrected chi connectivity index (χ1v) is 24.9. The van der Waals surface area contributed by atoms with E-state index in [-0.39, 0.29) is 21.2 Å². The van der Waals surface area contributed by atoms with Gasteiger partial charge in [-0.15, -0.1) is 0 Å². The van der Waals surface area contributed by atoms with Crippen molar-refractivity contribution in [3.63, 3.8) is 0 Å². The van der Waals surface area contributed by atoms with Crippen LogP contribution in [0.3, 0.4) is 0 Å². The van der Waals surface area contributed by atoms with Crippen LogP contribution < -0.4 is 31.9 Å². The molecular formula is C60H55N11O4. The van der Waals surface area contributed by atoms with Crippen LogP contribution in [0.25, 0.3) is 97.7 Å². The molecule has 0 aliphatic heterocycles. The number of benzene rings is 9. The van der Waals surface area contributed by atoms with Gasteiger partial charge in [-0.3, -0.25) is 20.2 Å². The molecule has 0 saturated heterocycles.